The number of carbonyl (C=O) groups excluding carboxylic acids is 1. The van der Waals surface area contributed by atoms with Crippen molar-refractivity contribution in [1.82, 2.24) is 10.6 Å². The lowest BCUT2D eigenvalue weighted by Crippen LogP contribution is -2.43. The van der Waals surface area contributed by atoms with Gasteiger partial charge in [0.05, 0.1) is 6.04 Å². The standard InChI is InChI=1S/C9H18N2O/c1-7(9(12)10-2)11-6-8-4-3-5-8/h7-8,11H,3-6H2,1-2H3,(H,10,12). The van der Waals surface area contributed by atoms with E-state index in [1.165, 1.54) is 19.3 Å². The number of likely N-dealkylation sites (N-methyl/N-ethyl adjacent to an activating group) is 1. The van der Waals surface area contributed by atoms with Crippen LogP contribution in [0.2, 0.25) is 0 Å². The van der Waals surface area contributed by atoms with Crippen molar-refractivity contribution in [2.75, 3.05) is 13.6 Å². The van der Waals surface area contributed by atoms with Crippen LogP contribution >= 0.6 is 0 Å². The molecule has 0 heterocycles. The van der Waals surface area contributed by atoms with Gasteiger partial charge in [0.2, 0.25) is 5.91 Å². The summed E-state index contributed by atoms with van der Waals surface area (Å²) >= 11 is 0. The summed E-state index contributed by atoms with van der Waals surface area (Å²) in [5.74, 6) is 0.895. The van der Waals surface area contributed by atoms with E-state index in [1.54, 1.807) is 7.05 Å². The Kier molecular flexibility index (Phi) is 3.53. The molecule has 1 saturated carbocycles. The Labute approximate surface area is 73.9 Å². The lowest BCUT2D eigenvalue weighted by Gasteiger charge is -2.26. The molecule has 0 aromatic heterocycles. The van der Waals surface area contributed by atoms with Gasteiger partial charge < -0.3 is 10.6 Å². The number of rotatable bonds is 4. The molecule has 1 unspecified atom stereocenters. The zero-order valence-corrected chi connectivity index (χ0v) is 7.89. The van der Waals surface area contributed by atoms with E-state index in [0.29, 0.717) is 0 Å². The zero-order chi connectivity index (χ0) is 8.97. The highest BCUT2D eigenvalue weighted by atomic mass is 16.2. The lowest BCUT2D eigenvalue weighted by atomic mass is 9.85. The Balaban J connectivity index is 2.08. The van der Waals surface area contributed by atoms with E-state index >= 15 is 0 Å². The van der Waals surface area contributed by atoms with Crippen LogP contribution in [0, 0.1) is 5.92 Å². The second kappa shape index (κ2) is 4.45. The van der Waals surface area contributed by atoms with Crippen molar-refractivity contribution in [2.45, 2.75) is 32.2 Å². The van der Waals surface area contributed by atoms with Gasteiger partial charge in [-0.3, -0.25) is 4.79 Å². The summed E-state index contributed by atoms with van der Waals surface area (Å²) in [5.41, 5.74) is 0. The number of hydrogen-bond donors (Lipinski definition) is 2. The van der Waals surface area contributed by atoms with E-state index in [-0.39, 0.29) is 11.9 Å². The molecule has 0 spiro atoms. The quantitative estimate of drug-likeness (QED) is 0.645. The molecule has 12 heavy (non-hydrogen) atoms. The molecule has 1 aliphatic carbocycles. The predicted molar refractivity (Wildman–Crippen MR) is 48.9 cm³/mol. The summed E-state index contributed by atoms with van der Waals surface area (Å²) in [7, 11) is 1.67. The molecule has 1 amide bonds. The highest BCUT2D eigenvalue weighted by Gasteiger charge is 2.19. The van der Waals surface area contributed by atoms with Crippen molar-refractivity contribution in [3.8, 4) is 0 Å². The number of carbonyl (C=O) groups is 1. The van der Waals surface area contributed by atoms with Gasteiger partial charge in [-0.25, -0.2) is 0 Å². The first-order valence-electron chi connectivity index (χ1n) is 4.69. The van der Waals surface area contributed by atoms with E-state index < -0.39 is 0 Å². The third-order valence-corrected chi connectivity index (χ3v) is 2.58. The maximum absolute atomic E-state index is 11.1. The van der Waals surface area contributed by atoms with Crippen molar-refractivity contribution in [2.24, 2.45) is 5.92 Å². The smallest absolute Gasteiger partial charge is 0.236 e. The summed E-state index contributed by atoms with van der Waals surface area (Å²) in [6.07, 6.45) is 4.02. The minimum Gasteiger partial charge on any atom is -0.358 e. The summed E-state index contributed by atoms with van der Waals surface area (Å²) in [4.78, 5) is 11.1. The number of nitrogens with one attached hydrogen (secondary N) is 2. The first-order valence-corrected chi connectivity index (χ1v) is 4.69. The van der Waals surface area contributed by atoms with Gasteiger partial charge in [-0.05, 0) is 32.2 Å². The van der Waals surface area contributed by atoms with Crippen molar-refractivity contribution in [3.05, 3.63) is 0 Å². The SMILES string of the molecule is CNC(=O)C(C)NCC1CCC1. The second-order valence-corrected chi connectivity index (χ2v) is 3.54. The second-order valence-electron chi connectivity index (χ2n) is 3.54. The first kappa shape index (κ1) is 9.52. The van der Waals surface area contributed by atoms with Crippen molar-refractivity contribution in [1.29, 1.82) is 0 Å². The zero-order valence-electron chi connectivity index (χ0n) is 7.89. The predicted octanol–water partition coefficient (Wildman–Crippen LogP) is 0.511. The van der Waals surface area contributed by atoms with E-state index in [4.69, 9.17) is 0 Å². The van der Waals surface area contributed by atoms with Gasteiger partial charge in [-0.1, -0.05) is 6.42 Å². The third kappa shape index (κ3) is 2.48. The molecule has 3 heteroatoms. The molecule has 0 aromatic carbocycles. The van der Waals surface area contributed by atoms with Gasteiger partial charge >= 0.3 is 0 Å². The van der Waals surface area contributed by atoms with Crippen LogP contribution in [0.1, 0.15) is 26.2 Å². The molecule has 0 radical (unpaired) electrons. The summed E-state index contributed by atoms with van der Waals surface area (Å²) in [6.45, 7) is 2.89. The summed E-state index contributed by atoms with van der Waals surface area (Å²) in [6, 6.07) is -0.0457. The Morgan fingerprint density at radius 2 is 2.25 bits per heavy atom. The third-order valence-electron chi connectivity index (χ3n) is 2.58. The Morgan fingerprint density at radius 3 is 2.67 bits per heavy atom. The van der Waals surface area contributed by atoms with Crippen LogP contribution in [0.5, 0.6) is 0 Å². The average Bonchev–Trinajstić information content (AvgIpc) is 2.00. The molecule has 1 atom stereocenters. The normalized spacial score (nSPS) is 19.8. The highest BCUT2D eigenvalue weighted by Crippen LogP contribution is 2.25. The molecule has 0 aliphatic heterocycles. The maximum atomic E-state index is 11.1. The Bertz CT molecular complexity index is 155. The number of hydrogen-bond acceptors (Lipinski definition) is 2. The van der Waals surface area contributed by atoms with E-state index in [1.807, 2.05) is 6.92 Å². The van der Waals surface area contributed by atoms with Gasteiger partial charge in [-0.15, -0.1) is 0 Å². The van der Waals surface area contributed by atoms with Crippen LogP contribution in [0.3, 0.4) is 0 Å². The molecule has 1 fully saturated rings. The van der Waals surface area contributed by atoms with E-state index in [9.17, 15) is 4.79 Å². The van der Waals surface area contributed by atoms with Crippen LogP contribution in [-0.4, -0.2) is 25.5 Å². The maximum Gasteiger partial charge on any atom is 0.236 e. The van der Waals surface area contributed by atoms with Crippen LogP contribution < -0.4 is 10.6 Å². The van der Waals surface area contributed by atoms with E-state index in [2.05, 4.69) is 10.6 Å². The van der Waals surface area contributed by atoms with Crippen LogP contribution in [0.25, 0.3) is 0 Å². The fraction of sp³-hybridized carbons (Fsp3) is 0.889. The van der Waals surface area contributed by atoms with Crippen molar-refractivity contribution < 1.29 is 4.79 Å². The van der Waals surface area contributed by atoms with Gasteiger partial charge in [-0.2, -0.15) is 0 Å². The van der Waals surface area contributed by atoms with Crippen molar-refractivity contribution >= 4 is 5.91 Å². The Morgan fingerprint density at radius 1 is 1.58 bits per heavy atom. The molecule has 0 saturated heterocycles. The minimum absolute atomic E-state index is 0.0457. The summed E-state index contributed by atoms with van der Waals surface area (Å²) in [5, 5.41) is 5.85. The number of amides is 1. The molecule has 0 aromatic rings. The van der Waals surface area contributed by atoms with Gasteiger partial charge in [0.1, 0.15) is 0 Å². The summed E-state index contributed by atoms with van der Waals surface area (Å²) < 4.78 is 0. The first-order chi connectivity index (χ1) is 5.74. The Hall–Kier alpha value is -0.570. The lowest BCUT2D eigenvalue weighted by molar-refractivity contribution is -0.122. The van der Waals surface area contributed by atoms with Gasteiger partial charge in [0.15, 0.2) is 0 Å². The molecular weight excluding hydrogens is 152 g/mol. The molecule has 2 N–H and O–H groups in total. The monoisotopic (exact) mass is 170 g/mol. The van der Waals surface area contributed by atoms with Crippen LogP contribution in [0.15, 0.2) is 0 Å². The van der Waals surface area contributed by atoms with Crippen LogP contribution in [0.4, 0.5) is 0 Å². The average molecular weight is 170 g/mol. The molecule has 1 rings (SSSR count). The fourth-order valence-corrected chi connectivity index (χ4v) is 1.35. The molecule has 70 valence electrons. The largest absolute Gasteiger partial charge is 0.358 e. The van der Waals surface area contributed by atoms with E-state index in [0.717, 1.165) is 12.5 Å². The molecule has 1 aliphatic rings. The van der Waals surface area contributed by atoms with Gasteiger partial charge in [0.25, 0.3) is 0 Å². The topological polar surface area (TPSA) is 41.1 Å². The highest BCUT2D eigenvalue weighted by molar-refractivity contribution is 5.80. The molecule has 3 nitrogen and oxygen atoms in total. The van der Waals surface area contributed by atoms with Gasteiger partial charge in [0, 0.05) is 7.05 Å². The fourth-order valence-electron chi connectivity index (χ4n) is 1.35. The van der Waals surface area contributed by atoms with Crippen LogP contribution in [-0.2, 0) is 4.79 Å². The molecule has 0 bridgehead atoms. The molecular formula is C9H18N2O. The minimum atomic E-state index is -0.0457. The van der Waals surface area contributed by atoms with Crippen molar-refractivity contribution in [3.63, 3.8) is 0 Å².